The van der Waals surface area contributed by atoms with Crippen molar-refractivity contribution in [3.8, 4) is 5.75 Å². The molecular formula is C15H18N2O4. The van der Waals surface area contributed by atoms with Crippen LogP contribution < -0.4 is 15.0 Å². The van der Waals surface area contributed by atoms with Crippen LogP contribution in [0.4, 0.5) is 5.69 Å². The molecule has 0 fully saturated rings. The van der Waals surface area contributed by atoms with Gasteiger partial charge in [-0.15, -0.1) is 0 Å². The monoisotopic (exact) mass is 290 g/mol. The summed E-state index contributed by atoms with van der Waals surface area (Å²) in [7, 11) is 3.18. The second kappa shape index (κ2) is 5.95. The fourth-order valence-corrected chi connectivity index (χ4v) is 2.18. The fourth-order valence-electron chi connectivity index (χ4n) is 2.18. The molecule has 2 rings (SSSR count). The van der Waals surface area contributed by atoms with Crippen LogP contribution in [0.2, 0.25) is 0 Å². The second-order valence-corrected chi connectivity index (χ2v) is 4.94. The second-order valence-electron chi connectivity index (χ2n) is 4.94. The summed E-state index contributed by atoms with van der Waals surface area (Å²) < 4.78 is 5.50. The van der Waals surface area contributed by atoms with E-state index in [2.05, 4.69) is 5.32 Å². The van der Waals surface area contributed by atoms with Crippen LogP contribution in [-0.4, -0.2) is 37.8 Å². The Labute approximate surface area is 123 Å². The van der Waals surface area contributed by atoms with E-state index in [1.807, 2.05) is 0 Å². The van der Waals surface area contributed by atoms with Gasteiger partial charge in [0.15, 0.2) is 11.9 Å². The van der Waals surface area contributed by atoms with Gasteiger partial charge >= 0.3 is 0 Å². The van der Waals surface area contributed by atoms with Crippen LogP contribution in [0.3, 0.4) is 0 Å². The van der Waals surface area contributed by atoms with Crippen LogP contribution in [0.25, 0.3) is 0 Å². The summed E-state index contributed by atoms with van der Waals surface area (Å²) in [5, 5.41) is 2.48. The first kappa shape index (κ1) is 15.0. The average Bonchev–Trinajstić information content (AvgIpc) is 2.49. The van der Waals surface area contributed by atoms with E-state index in [0.29, 0.717) is 17.0 Å². The van der Waals surface area contributed by atoms with E-state index in [1.165, 1.54) is 11.9 Å². The number of carbonyl (C=O) groups excluding carboxylic acids is 3. The van der Waals surface area contributed by atoms with Gasteiger partial charge in [0.1, 0.15) is 5.75 Å². The molecule has 112 valence electrons. The predicted molar refractivity (Wildman–Crippen MR) is 77.6 cm³/mol. The standard InChI is InChI=1S/C15H18N2O4/c1-9-15(20)17(3)11-8-10(4-6-13(11)21-9)12(18)5-7-14(19)16-2/h4,6,8-9H,5,7H2,1-3H3,(H,16,19). The zero-order valence-corrected chi connectivity index (χ0v) is 12.3. The van der Waals surface area contributed by atoms with Gasteiger partial charge < -0.3 is 15.0 Å². The first-order chi connectivity index (χ1) is 9.93. The summed E-state index contributed by atoms with van der Waals surface area (Å²) in [6.45, 7) is 1.68. The highest BCUT2D eigenvalue weighted by molar-refractivity contribution is 6.03. The number of ketones is 1. The van der Waals surface area contributed by atoms with E-state index in [4.69, 9.17) is 4.74 Å². The number of hydrogen-bond acceptors (Lipinski definition) is 4. The number of carbonyl (C=O) groups is 3. The van der Waals surface area contributed by atoms with Crippen LogP contribution in [0.15, 0.2) is 18.2 Å². The van der Waals surface area contributed by atoms with Crippen molar-refractivity contribution >= 4 is 23.3 Å². The maximum atomic E-state index is 12.1. The van der Waals surface area contributed by atoms with Crippen molar-refractivity contribution in [2.75, 3.05) is 19.0 Å². The molecular weight excluding hydrogens is 272 g/mol. The molecule has 1 unspecified atom stereocenters. The number of hydrogen-bond donors (Lipinski definition) is 1. The van der Waals surface area contributed by atoms with Crippen LogP contribution in [0.1, 0.15) is 30.1 Å². The van der Waals surface area contributed by atoms with Gasteiger partial charge in [0.25, 0.3) is 5.91 Å². The smallest absolute Gasteiger partial charge is 0.267 e. The Hall–Kier alpha value is -2.37. The lowest BCUT2D eigenvalue weighted by atomic mass is 10.0. The SMILES string of the molecule is CNC(=O)CCC(=O)c1ccc2c(c1)N(C)C(=O)C(C)O2. The molecule has 1 atom stereocenters. The number of fused-ring (bicyclic) bond motifs is 1. The highest BCUT2D eigenvalue weighted by Gasteiger charge is 2.29. The normalized spacial score (nSPS) is 17.0. The van der Waals surface area contributed by atoms with Gasteiger partial charge in [-0.1, -0.05) is 0 Å². The molecule has 1 aromatic carbocycles. The lowest BCUT2D eigenvalue weighted by Gasteiger charge is -2.30. The minimum absolute atomic E-state index is 0.132. The van der Waals surface area contributed by atoms with E-state index in [9.17, 15) is 14.4 Å². The lowest BCUT2D eigenvalue weighted by Crippen LogP contribution is -2.42. The van der Waals surface area contributed by atoms with E-state index in [0.717, 1.165) is 0 Å². The molecule has 1 aliphatic heterocycles. The summed E-state index contributed by atoms with van der Waals surface area (Å²) in [6, 6.07) is 4.97. The van der Waals surface area contributed by atoms with Gasteiger partial charge in [0.2, 0.25) is 5.91 Å². The number of likely N-dealkylation sites (N-methyl/N-ethyl adjacent to an activating group) is 1. The van der Waals surface area contributed by atoms with Crippen LogP contribution >= 0.6 is 0 Å². The topological polar surface area (TPSA) is 75.7 Å². The van der Waals surface area contributed by atoms with Crippen molar-refractivity contribution in [2.24, 2.45) is 0 Å². The first-order valence-corrected chi connectivity index (χ1v) is 6.76. The Balaban J connectivity index is 2.19. The summed E-state index contributed by atoms with van der Waals surface area (Å²) in [5.74, 6) is 0.108. The van der Waals surface area contributed by atoms with Crippen molar-refractivity contribution in [3.05, 3.63) is 23.8 Å². The molecule has 0 saturated carbocycles. The van der Waals surface area contributed by atoms with E-state index < -0.39 is 6.10 Å². The van der Waals surface area contributed by atoms with Gasteiger partial charge in [-0.05, 0) is 25.1 Å². The Kier molecular flexibility index (Phi) is 4.26. The number of amides is 2. The van der Waals surface area contributed by atoms with Crippen molar-refractivity contribution in [3.63, 3.8) is 0 Å². The molecule has 6 nitrogen and oxygen atoms in total. The molecule has 1 heterocycles. The zero-order valence-electron chi connectivity index (χ0n) is 12.3. The number of benzene rings is 1. The molecule has 0 aromatic heterocycles. The van der Waals surface area contributed by atoms with Gasteiger partial charge in [-0.25, -0.2) is 0 Å². The minimum atomic E-state index is -0.530. The Morgan fingerprint density at radius 1 is 1.33 bits per heavy atom. The van der Waals surface area contributed by atoms with E-state index in [-0.39, 0.29) is 30.4 Å². The molecule has 0 aliphatic carbocycles. The van der Waals surface area contributed by atoms with Gasteiger partial charge in [-0.2, -0.15) is 0 Å². The first-order valence-electron chi connectivity index (χ1n) is 6.76. The minimum Gasteiger partial charge on any atom is -0.479 e. The quantitative estimate of drug-likeness (QED) is 0.844. The number of anilines is 1. The summed E-state index contributed by atoms with van der Waals surface area (Å²) >= 11 is 0. The predicted octanol–water partition coefficient (Wildman–Crippen LogP) is 1.14. The third-order valence-corrected chi connectivity index (χ3v) is 3.48. The Bertz CT molecular complexity index is 597. The molecule has 1 aliphatic rings. The third kappa shape index (κ3) is 3.04. The van der Waals surface area contributed by atoms with Crippen molar-refractivity contribution < 1.29 is 19.1 Å². The van der Waals surface area contributed by atoms with Crippen LogP contribution in [0.5, 0.6) is 5.75 Å². The van der Waals surface area contributed by atoms with E-state index in [1.54, 1.807) is 32.2 Å². The molecule has 0 saturated heterocycles. The number of nitrogens with one attached hydrogen (secondary N) is 1. The zero-order chi connectivity index (χ0) is 15.6. The molecule has 2 amide bonds. The molecule has 1 N–H and O–H groups in total. The Morgan fingerprint density at radius 3 is 2.71 bits per heavy atom. The van der Waals surface area contributed by atoms with E-state index >= 15 is 0 Å². The van der Waals surface area contributed by atoms with Gasteiger partial charge in [-0.3, -0.25) is 14.4 Å². The van der Waals surface area contributed by atoms with Gasteiger partial charge in [0.05, 0.1) is 5.69 Å². The summed E-state index contributed by atoms with van der Waals surface area (Å²) in [4.78, 5) is 36.6. The van der Waals surface area contributed by atoms with Crippen molar-refractivity contribution in [2.45, 2.75) is 25.9 Å². The molecule has 1 aromatic rings. The molecule has 6 heteroatoms. The molecule has 0 radical (unpaired) electrons. The maximum Gasteiger partial charge on any atom is 0.267 e. The largest absolute Gasteiger partial charge is 0.479 e. The molecule has 0 bridgehead atoms. The van der Waals surface area contributed by atoms with Gasteiger partial charge in [0, 0.05) is 32.5 Å². The fraction of sp³-hybridized carbons (Fsp3) is 0.400. The van der Waals surface area contributed by atoms with Crippen molar-refractivity contribution in [1.82, 2.24) is 5.32 Å². The average molecular weight is 290 g/mol. The molecule has 0 spiro atoms. The highest BCUT2D eigenvalue weighted by Crippen LogP contribution is 2.34. The van der Waals surface area contributed by atoms with Crippen LogP contribution in [0, 0.1) is 0 Å². The number of Topliss-reactive ketones (excluding diaryl/α,β-unsaturated/α-hetero) is 1. The summed E-state index contributed by atoms with van der Waals surface area (Å²) in [6.07, 6.45) is -0.250. The lowest BCUT2D eigenvalue weighted by molar-refractivity contribution is -0.125. The number of ether oxygens (including phenoxy) is 1. The molecule has 21 heavy (non-hydrogen) atoms. The highest BCUT2D eigenvalue weighted by atomic mass is 16.5. The maximum absolute atomic E-state index is 12.1. The number of rotatable bonds is 4. The Morgan fingerprint density at radius 2 is 2.05 bits per heavy atom. The van der Waals surface area contributed by atoms with Crippen molar-refractivity contribution in [1.29, 1.82) is 0 Å². The number of nitrogens with zero attached hydrogens (tertiary/aromatic N) is 1. The third-order valence-electron chi connectivity index (χ3n) is 3.48. The van der Waals surface area contributed by atoms with Crippen LogP contribution in [-0.2, 0) is 9.59 Å². The summed E-state index contributed by atoms with van der Waals surface area (Å²) in [5.41, 5.74) is 1.04.